The van der Waals surface area contributed by atoms with Crippen molar-refractivity contribution in [3.05, 3.63) is 87.8 Å². The molecule has 150 valence electrons. The van der Waals surface area contributed by atoms with E-state index in [9.17, 15) is 9.18 Å². The first-order chi connectivity index (χ1) is 14.1. The van der Waals surface area contributed by atoms with Crippen LogP contribution in [0, 0.1) is 5.82 Å². The monoisotopic (exact) mass is 413 g/mol. The van der Waals surface area contributed by atoms with E-state index in [2.05, 4.69) is 21.3 Å². The Balaban J connectivity index is 1.35. The molecule has 0 atom stereocenters. The van der Waals surface area contributed by atoms with Gasteiger partial charge in [-0.25, -0.2) is 9.37 Å². The Morgan fingerprint density at radius 1 is 1.14 bits per heavy atom. The van der Waals surface area contributed by atoms with Crippen LogP contribution in [0.2, 0.25) is 5.02 Å². The molecule has 0 spiro atoms. The molecule has 0 unspecified atom stereocenters. The molecule has 1 amide bonds. The number of amides is 1. The maximum atomic E-state index is 13.2. The van der Waals surface area contributed by atoms with Crippen LogP contribution in [0.5, 0.6) is 0 Å². The molecule has 1 aromatic heterocycles. The predicted octanol–water partition coefficient (Wildman–Crippen LogP) is 4.00. The molecule has 4 rings (SSSR count). The first kappa shape index (κ1) is 19.6. The highest BCUT2D eigenvalue weighted by molar-refractivity contribution is 6.30. The van der Waals surface area contributed by atoms with Gasteiger partial charge in [-0.2, -0.15) is 0 Å². The fourth-order valence-electron chi connectivity index (χ4n) is 3.46. The highest BCUT2D eigenvalue weighted by atomic mass is 35.5. The van der Waals surface area contributed by atoms with Crippen LogP contribution < -0.4 is 5.32 Å². The summed E-state index contributed by atoms with van der Waals surface area (Å²) in [5.74, 6) is 0.101. The van der Waals surface area contributed by atoms with E-state index in [0.717, 1.165) is 42.5 Å². The molecule has 3 aromatic rings. The molecule has 1 aliphatic heterocycles. The first-order valence-corrected chi connectivity index (χ1v) is 9.92. The molecule has 0 aliphatic carbocycles. The van der Waals surface area contributed by atoms with E-state index in [-0.39, 0.29) is 18.3 Å². The third kappa shape index (κ3) is 5.02. The van der Waals surface area contributed by atoms with Crippen molar-refractivity contribution >= 4 is 17.5 Å². The van der Waals surface area contributed by atoms with Gasteiger partial charge in [0.1, 0.15) is 11.6 Å². The summed E-state index contributed by atoms with van der Waals surface area (Å²) in [5.41, 5.74) is 2.68. The number of nitrogens with one attached hydrogen (secondary N) is 1. The zero-order valence-corrected chi connectivity index (χ0v) is 16.6. The van der Waals surface area contributed by atoms with Crippen LogP contribution in [0.3, 0.4) is 0 Å². The zero-order valence-electron chi connectivity index (χ0n) is 15.8. The van der Waals surface area contributed by atoms with E-state index >= 15 is 0 Å². The lowest BCUT2D eigenvalue weighted by Crippen LogP contribution is -2.26. The number of oxazole rings is 1. The molecule has 0 bridgehead atoms. The van der Waals surface area contributed by atoms with Gasteiger partial charge in [0.2, 0.25) is 0 Å². The number of carbonyl (C=O) groups excluding carboxylic acids is 1. The second-order valence-electron chi connectivity index (χ2n) is 7.11. The first-order valence-electron chi connectivity index (χ1n) is 9.55. The van der Waals surface area contributed by atoms with Crippen LogP contribution in [0.1, 0.15) is 33.3 Å². The normalized spacial score (nSPS) is 14.3. The SMILES string of the molecule is O=C(NCc1cccc(F)c1)c1nc2c(o1)CCN(Cc1cccc(Cl)c1)CC2. The third-order valence-electron chi connectivity index (χ3n) is 4.93. The Labute approximate surface area is 173 Å². The third-order valence-corrected chi connectivity index (χ3v) is 5.16. The number of carbonyl (C=O) groups is 1. The Bertz CT molecular complexity index is 995. The van der Waals surface area contributed by atoms with Gasteiger partial charge in [-0.05, 0) is 35.4 Å². The van der Waals surface area contributed by atoms with Crippen molar-refractivity contribution in [3.8, 4) is 0 Å². The second kappa shape index (κ2) is 8.76. The summed E-state index contributed by atoms with van der Waals surface area (Å²) >= 11 is 6.07. The van der Waals surface area contributed by atoms with Crippen molar-refractivity contribution in [1.82, 2.24) is 15.2 Å². The number of fused-ring (bicyclic) bond motifs is 1. The summed E-state index contributed by atoms with van der Waals surface area (Å²) in [6.07, 6.45) is 1.41. The highest BCUT2D eigenvalue weighted by Gasteiger charge is 2.22. The van der Waals surface area contributed by atoms with Crippen molar-refractivity contribution < 1.29 is 13.6 Å². The smallest absolute Gasteiger partial charge is 0.307 e. The van der Waals surface area contributed by atoms with E-state index in [1.54, 1.807) is 12.1 Å². The maximum absolute atomic E-state index is 13.2. The van der Waals surface area contributed by atoms with Gasteiger partial charge in [0.05, 0.1) is 5.69 Å². The van der Waals surface area contributed by atoms with E-state index in [0.29, 0.717) is 12.0 Å². The minimum absolute atomic E-state index is 0.0645. The molecule has 0 saturated heterocycles. The summed E-state index contributed by atoms with van der Waals surface area (Å²) in [6.45, 7) is 2.68. The van der Waals surface area contributed by atoms with Gasteiger partial charge in [0.15, 0.2) is 0 Å². The molecular formula is C22H21ClFN3O2. The van der Waals surface area contributed by atoms with Crippen molar-refractivity contribution in [2.75, 3.05) is 13.1 Å². The van der Waals surface area contributed by atoms with Gasteiger partial charge in [-0.3, -0.25) is 9.69 Å². The van der Waals surface area contributed by atoms with Gasteiger partial charge in [0.25, 0.3) is 5.89 Å². The van der Waals surface area contributed by atoms with Gasteiger partial charge < -0.3 is 9.73 Å². The Morgan fingerprint density at radius 3 is 2.76 bits per heavy atom. The summed E-state index contributed by atoms with van der Waals surface area (Å²) in [5, 5.41) is 3.47. The number of rotatable bonds is 5. The van der Waals surface area contributed by atoms with Gasteiger partial charge in [-0.15, -0.1) is 0 Å². The van der Waals surface area contributed by atoms with Crippen molar-refractivity contribution in [2.24, 2.45) is 0 Å². The highest BCUT2D eigenvalue weighted by Crippen LogP contribution is 2.19. The van der Waals surface area contributed by atoms with Gasteiger partial charge in [0, 0.05) is 44.0 Å². The maximum Gasteiger partial charge on any atom is 0.307 e. The summed E-state index contributed by atoms with van der Waals surface area (Å²) < 4.78 is 19.0. The Kier molecular flexibility index (Phi) is 5.92. The number of benzene rings is 2. The van der Waals surface area contributed by atoms with Crippen LogP contribution in [0.15, 0.2) is 52.9 Å². The molecule has 7 heteroatoms. The van der Waals surface area contributed by atoms with Gasteiger partial charge in [-0.1, -0.05) is 35.9 Å². The van der Waals surface area contributed by atoms with E-state index < -0.39 is 5.91 Å². The standard InChI is InChI=1S/C22H21ClFN3O2/c23-17-5-1-4-16(11-17)14-27-9-7-19-20(8-10-27)29-22(26-19)21(28)25-13-15-3-2-6-18(24)12-15/h1-6,11-12H,7-10,13-14H2,(H,25,28). The van der Waals surface area contributed by atoms with E-state index in [1.165, 1.54) is 17.7 Å². The minimum Gasteiger partial charge on any atom is -0.437 e. The number of hydrogen-bond acceptors (Lipinski definition) is 4. The summed E-state index contributed by atoms with van der Waals surface area (Å²) in [6, 6.07) is 14.0. The van der Waals surface area contributed by atoms with Crippen LogP contribution in [-0.2, 0) is 25.9 Å². The average molecular weight is 414 g/mol. The fraction of sp³-hybridized carbons (Fsp3) is 0.273. The molecule has 1 aliphatic rings. The Hall–Kier alpha value is -2.70. The lowest BCUT2D eigenvalue weighted by Gasteiger charge is -2.19. The van der Waals surface area contributed by atoms with Crippen molar-refractivity contribution in [1.29, 1.82) is 0 Å². The molecule has 0 fully saturated rings. The topological polar surface area (TPSA) is 58.4 Å². The zero-order chi connectivity index (χ0) is 20.2. The fourth-order valence-corrected chi connectivity index (χ4v) is 3.68. The van der Waals surface area contributed by atoms with Crippen LogP contribution in [0.4, 0.5) is 4.39 Å². The lowest BCUT2D eigenvalue weighted by molar-refractivity contribution is 0.0914. The van der Waals surface area contributed by atoms with Crippen LogP contribution in [-0.4, -0.2) is 28.9 Å². The Morgan fingerprint density at radius 2 is 1.93 bits per heavy atom. The molecule has 2 aromatic carbocycles. The molecule has 29 heavy (non-hydrogen) atoms. The number of nitrogens with zero attached hydrogens (tertiary/aromatic N) is 2. The largest absolute Gasteiger partial charge is 0.437 e. The lowest BCUT2D eigenvalue weighted by atomic mass is 10.2. The molecule has 2 heterocycles. The number of aromatic nitrogens is 1. The quantitative estimate of drug-likeness (QED) is 0.687. The minimum atomic E-state index is -0.391. The summed E-state index contributed by atoms with van der Waals surface area (Å²) in [7, 11) is 0. The number of hydrogen-bond donors (Lipinski definition) is 1. The van der Waals surface area contributed by atoms with Crippen molar-refractivity contribution in [2.45, 2.75) is 25.9 Å². The molecule has 5 nitrogen and oxygen atoms in total. The molecule has 1 N–H and O–H groups in total. The predicted molar refractivity (Wildman–Crippen MR) is 108 cm³/mol. The second-order valence-corrected chi connectivity index (χ2v) is 7.54. The molecule has 0 radical (unpaired) electrons. The van der Waals surface area contributed by atoms with Crippen LogP contribution >= 0.6 is 11.6 Å². The van der Waals surface area contributed by atoms with Crippen LogP contribution in [0.25, 0.3) is 0 Å². The molecular weight excluding hydrogens is 393 g/mol. The van der Waals surface area contributed by atoms with Gasteiger partial charge >= 0.3 is 5.91 Å². The van der Waals surface area contributed by atoms with E-state index in [1.807, 2.05) is 18.2 Å². The average Bonchev–Trinajstić information content (AvgIpc) is 3.03. The summed E-state index contributed by atoms with van der Waals surface area (Å²) in [4.78, 5) is 19.1. The van der Waals surface area contributed by atoms with E-state index in [4.69, 9.17) is 16.0 Å². The number of halogens is 2. The molecule has 0 saturated carbocycles. The van der Waals surface area contributed by atoms with Crippen molar-refractivity contribution in [3.63, 3.8) is 0 Å².